The van der Waals surface area contributed by atoms with Crippen LogP contribution in [0.3, 0.4) is 0 Å². The Bertz CT molecular complexity index is 577. The summed E-state index contributed by atoms with van der Waals surface area (Å²) in [7, 11) is -3.75. The predicted octanol–water partition coefficient (Wildman–Crippen LogP) is 1.86. The Morgan fingerprint density at radius 1 is 1.26 bits per heavy atom. The molecule has 19 heavy (non-hydrogen) atoms. The van der Waals surface area contributed by atoms with Gasteiger partial charge in [0.05, 0.1) is 16.0 Å². The Balaban J connectivity index is 3.16. The van der Waals surface area contributed by atoms with Crippen LogP contribution in [0, 0.1) is 0 Å². The molecule has 0 bridgehead atoms. The SMILES string of the molecule is CC(C)(O)C(C)(C)NS(=O)(=O)c1ccc(Br)c(N)c1. The quantitative estimate of drug-likeness (QED) is 0.722. The molecule has 0 amide bonds. The van der Waals surface area contributed by atoms with Crippen molar-refractivity contribution in [3.63, 3.8) is 0 Å². The highest BCUT2D eigenvalue weighted by Gasteiger charge is 2.38. The number of nitrogen functional groups attached to an aromatic ring is 1. The van der Waals surface area contributed by atoms with Crippen LogP contribution >= 0.6 is 15.9 Å². The minimum Gasteiger partial charge on any atom is -0.398 e. The molecule has 1 aromatic carbocycles. The van der Waals surface area contributed by atoms with Crippen molar-refractivity contribution in [2.75, 3.05) is 5.73 Å². The number of hydrogen-bond acceptors (Lipinski definition) is 4. The lowest BCUT2D eigenvalue weighted by Gasteiger charge is -2.37. The van der Waals surface area contributed by atoms with E-state index in [1.54, 1.807) is 33.8 Å². The Morgan fingerprint density at radius 3 is 2.21 bits per heavy atom. The van der Waals surface area contributed by atoms with E-state index in [1.165, 1.54) is 12.1 Å². The first-order valence-corrected chi connectivity index (χ1v) is 7.96. The maximum atomic E-state index is 12.3. The fourth-order valence-electron chi connectivity index (χ4n) is 1.21. The first kappa shape index (κ1) is 16.4. The summed E-state index contributed by atoms with van der Waals surface area (Å²) in [5.74, 6) is 0. The van der Waals surface area contributed by atoms with Crippen LogP contribution in [0.5, 0.6) is 0 Å². The van der Waals surface area contributed by atoms with E-state index < -0.39 is 21.2 Å². The van der Waals surface area contributed by atoms with E-state index in [4.69, 9.17) is 5.73 Å². The van der Waals surface area contributed by atoms with Gasteiger partial charge in [-0.2, -0.15) is 0 Å². The van der Waals surface area contributed by atoms with Crippen LogP contribution in [0.1, 0.15) is 27.7 Å². The summed E-state index contributed by atoms with van der Waals surface area (Å²) in [6, 6.07) is 4.39. The molecule has 0 radical (unpaired) electrons. The molecule has 0 unspecified atom stereocenters. The maximum Gasteiger partial charge on any atom is 0.241 e. The van der Waals surface area contributed by atoms with Crippen molar-refractivity contribution in [1.82, 2.24) is 4.72 Å². The molecule has 5 nitrogen and oxygen atoms in total. The molecule has 108 valence electrons. The zero-order chi connectivity index (χ0) is 15.1. The monoisotopic (exact) mass is 350 g/mol. The third kappa shape index (κ3) is 3.68. The number of nitrogens with two attached hydrogens (primary N) is 1. The number of benzene rings is 1. The van der Waals surface area contributed by atoms with Crippen LogP contribution in [0.4, 0.5) is 5.69 Å². The van der Waals surface area contributed by atoms with Crippen LogP contribution in [0.25, 0.3) is 0 Å². The molecule has 0 atom stereocenters. The van der Waals surface area contributed by atoms with E-state index in [2.05, 4.69) is 20.7 Å². The third-order valence-corrected chi connectivity index (χ3v) is 5.57. The highest BCUT2D eigenvalue weighted by atomic mass is 79.9. The fraction of sp³-hybridized carbons (Fsp3) is 0.500. The van der Waals surface area contributed by atoms with E-state index in [1.807, 2.05) is 0 Å². The molecule has 1 rings (SSSR count). The molecule has 0 aliphatic carbocycles. The van der Waals surface area contributed by atoms with Gasteiger partial charge in [-0.05, 0) is 61.8 Å². The summed E-state index contributed by atoms with van der Waals surface area (Å²) in [6.07, 6.45) is 0. The van der Waals surface area contributed by atoms with Gasteiger partial charge in [-0.15, -0.1) is 0 Å². The number of aliphatic hydroxyl groups is 1. The maximum absolute atomic E-state index is 12.3. The molecule has 0 heterocycles. The van der Waals surface area contributed by atoms with Gasteiger partial charge in [0.2, 0.25) is 10.0 Å². The standard InChI is InChI=1S/C12H19BrN2O3S/c1-11(2,12(3,4)16)15-19(17,18)8-5-6-9(13)10(14)7-8/h5-7,15-16H,14H2,1-4H3. The van der Waals surface area contributed by atoms with Gasteiger partial charge in [0, 0.05) is 10.2 Å². The molecule has 0 aliphatic rings. The summed E-state index contributed by atoms with van der Waals surface area (Å²) in [6.45, 7) is 6.33. The first-order chi connectivity index (χ1) is 8.37. The highest BCUT2D eigenvalue weighted by molar-refractivity contribution is 9.10. The van der Waals surface area contributed by atoms with E-state index in [0.29, 0.717) is 10.2 Å². The fourth-order valence-corrected chi connectivity index (χ4v) is 3.02. The van der Waals surface area contributed by atoms with E-state index >= 15 is 0 Å². The van der Waals surface area contributed by atoms with Gasteiger partial charge in [0.25, 0.3) is 0 Å². The van der Waals surface area contributed by atoms with Gasteiger partial charge in [0.15, 0.2) is 0 Å². The molecule has 0 fully saturated rings. The largest absolute Gasteiger partial charge is 0.398 e. The average Bonchev–Trinajstić information content (AvgIpc) is 2.18. The summed E-state index contributed by atoms with van der Waals surface area (Å²) < 4.78 is 27.6. The lowest BCUT2D eigenvalue weighted by molar-refractivity contribution is 0.00639. The number of hydrogen-bond donors (Lipinski definition) is 3. The summed E-state index contributed by atoms with van der Waals surface area (Å²) >= 11 is 3.21. The predicted molar refractivity (Wildman–Crippen MR) is 79.3 cm³/mol. The second-order valence-corrected chi connectivity index (χ2v) is 8.01. The molecular formula is C12H19BrN2O3S. The zero-order valence-electron chi connectivity index (χ0n) is 11.4. The van der Waals surface area contributed by atoms with E-state index in [-0.39, 0.29) is 4.90 Å². The van der Waals surface area contributed by atoms with Crippen molar-refractivity contribution < 1.29 is 13.5 Å². The smallest absolute Gasteiger partial charge is 0.241 e. The Labute approximate surface area is 122 Å². The second kappa shape index (κ2) is 5.05. The van der Waals surface area contributed by atoms with Crippen LogP contribution in [-0.4, -0.2) is 24.7 Å². The third-order valence-electron chi connectivity index (χ3n) is 3.20. The van der Waals surface area contributed by atoms with E-state index in [9.17, 15) is 13.5 Å². The molecule has 1 aromatic rings. The lowest BCUT2D eigenvalue weighted by atomic mass is 9.87. The summed E-state index contributed by atoms with van der Waals surface area (Å²) in [5.41, 5.74) is 3.79. The van der Waals surface area contributed by atoms with Gasteiger partial charge < -0.3 is 10.8 Å². The number of nitrogens with one attached hydrogen (secondary N) is 1. The van der Waals surface area contributed by atoms with Crippen molar-refractivity contribution in [3.05, 3.63) is 22.7 Å². The summed E-state index contributed by atoms with van der Waals surface area (Å²) in [4.78, 5) is 0.0607. The Kier molecular flexibility index (Phi) is 4.36. The van der Waals surface area contributed by atoms with Crippen LogP contribution < -0.4 is 10.5 Å². The van der Waals surface area contributed by atoms with Crippen molar-refractivity contribution >= 4 is 31.6 Å². The minimum atomic E-state index is -3.75. The van der Waals surface area contributed by atoms with Crippen LogP contribution in [-0.2, 0) is 10.0 Å². The van der Waals surface area contributed by atoms with E-state index in [0.717, 1.165) is 0 Å². The molecule has 0 spiro atoms. The normalized spacial score (nSPS) is 13.6. The van der Waals surface area contributed by atoms with Crippen molar-refractivity contribution in [1.29, 1.82) is 0 Å². The van der Waals surface area contributed by atoms with Crippen molar-refractivity contribution in [2.24, 2.45) is 0 Å². The molecule has 0 saturated heterocycles. The lowest BCUT2D eigenvalue weighted by Crippen LogP contribution is -2.57. The Hall–Kier alpha value is -0.630. The van der Waals surface area contributed by atoms with Gasteiger partial charge in [0.1, 0.15) is 0 Å². The van der Waals surface area contributed by atoms with Gasteiger partial charge >= 0.3 is 0 Å². The second-order valence-electron chi connectivity index (χ2n) is 5.47. The van der Waals surface area contributed by atoms with Gasteiger partial charge in [-0.3, -0.25) is 0 Å². The average molecular weight is 351 g/mol. The topological polar surface area (TPSA) is 92.4 Å². The molecular weight excluding hydrogens is 332 g/mol. The molecule has 0 aliphatic heterocycles. The molecule has 4 N–H and O–H groups in total. The van der Waals surface area contributed by atoms with Crippen molar-refractivity contribution in [2.45, 2.75) is 43.7 Å². The Morgan fingerprint density at radius 2 is 1.79 bits per heavy atom. The van der Waals surface area contributed by atoms with Gasteiger partial charge in [-0.25, -0.2) is 13.1 Å². The van der Waals surface area contributed by atoms with Gasteiger partial charge in [-0.1, -0.05) is 0 Å². The minimum absolute atomic E-state index is 0.0607. The summed E-state index contributed by atoms with van der Waals surface area (Å²) in [5, 5.41) is 10.00. The highest BCUT2D eigenvalue weighted by Crippen LogP contribution is 2.26. The number of anilines is 1. The van der Waals surface area contributed by atoms with Crippen LogP contribution in [0.15, 0.2) is 27.6 Å². The first-order valence-electron chi connectivity index (χ1n) is 5.68. The molecule has 0 aromatic heterocycles. The molecule has 0 saturated carbocycles. The number of rotatable bonds is 4. The number of sulfonamides is 1. The zero-order valence-corrected chi connectivity index (χ0v) is 13.8. The molecule has 7 heteroatoms. The van der Waals surface area contributed by atoms with Crippen molar-refractivity contribution in [3.8, 4) is 0 Å². The van der Waals surface area contributed by atoms with Crippen LogP contribution in [0.2, 0.25) is 0 Å². The number of halogens is 1.